The normalized spacial score (nSPS) is 11.4. The first-order valence-electron chi connectivity index (χ1n) is 8.88. The minimum absolute atomic E-state index is 0.0581. The fourth-order valence-corrected chi connectivity index (χ4v) is 3.08. The Morgan fingerprint density at radius 3 is 2.63 bits per heavy atom. The minimum Gasteiger partial charge on any atom is -0.351 e. The van der Waals surface area contributed by atoms with Crippen molar-refractivity contribution in [1.29, 1.82) is 0 Å². The van der Waals surface area contributed by atoms with Crippen molar-refractivity contribution in [3.63, 3.8) is 0 Å². The standard InChI is InChI=1S/C21H21N5O/c1-26(2)12-11-22-21(27)15-5-3-14(4-6-15)18-8-7-16-17-13-23-25-20(17)10-9-19(16)24-18/h3-10,13H,11-12H2,1-2H3,(H,22,27)(H,23,25). The molecule has 2 heterocycles. The van der Waals surface area contributed by atoms with Gasteiger partial charge in [0.05, 0.1) is 22.9 Å². The lowest BCUT2D eigenvalue weighted by molar-refractivity contribution is 0.0951. The number of nitrogens with zero attached hydrogens (tertiary/aromatic N) is 3. The smallest absolute Gasteiger partial charge is 0.251 e. The molecule has 2 aromatic heterocycles. The quantitative estimate of drug-likeness (QED) is 0.574. The molecule has 0 unspecified atom stereocenters. The molecule has 6 nitrogen and oxygen atoms in total. The van der Waals surface area contributed by atoms with E-state index >= 15 is 0 Å². The van der Waals surface area contributed by atoms with Crippen LogP contribution in [0.25, 0.3) is 33.1 Å². The van der Waals surface area contributed by atoms with Gasteiger partial charge in [-0.05, 0) is 50.5 Å². The van der Waals surface area contributed by atoms with Crippen molar-refractivity contribution in [2.45, 2.75) is 0 Å². The van der Waals surface area contributed by atoms with Gasteiger partial charge in [-0.15, -0.1) is 0 Å². The highest BCUT2D eigenvalue weighted by Crippen LogP contribution is 2.26. The summed E-state index contributed by atoms with van der Waals surface area (Å²) in [6.45, 7) is 1.44. The Morgan fingerprint density at radius 2 is 1.85 bits per heavy atom. The van der Waals surface area contributed by atoms with Gasteiger partial charge in [0.2, 0.25) is 0 Å². The Bertz CT molecular complexity index is 1100. The number of hydrogen-bond acceptors (Lipinski definition) is 4. The molecule has 0 aliphatic heterocycles. The summed E-state index contributed by atoms with van der Waals surface area (Å²) in [6.07, 6.45) is 1.82. The number of amides is 1. The van der Waals surface area contributed by atoms with E-state index in [1.165, 1.54) is 0 Å². The molecule has 136 valence electrons. The number of likely N-dealkylation sites (N-methyl/N-ethyl adjacent to an activating group) is 1. The van der Waals surface area contributed by atoms with Crippen molar-refractivity contribution in [3.8, 4) is 11.3 Å². The molecule has 2 N–H and O–H groups in total. The number of carbonyl (C=O) groups is 1. The van der Waals surface area contributed by atoms with Crippen LogP contribution in [-0.4, -0.2) is 53.2 Å². The lowest BCUT2D eigenvalue weighted by atomic mass is 10.1. The Balaban J connectivity index is 1.56. The average molecular weight is 359 g/mol. The van der Waals surface area contributed by atoms with Crippen LogP contribution in [-0.2, 0) is 0 Å². The first-order valence-corrected chi connectivity index (χ1v) is 8.88. The number of fused-ring (bicyclic) bond motifs is 3. The second-order valence-electron chi connectivity index (χ2n) is 6.80. The third kappa shape index (κ3) is 3.52. The van der Waals surface area contributed by atoms with Crippen LogP contribution in [0.4, 0.5) is 0 Å². The van der Waals surface area contributed by atoms with E-state index in [-0.39, 0.29) is 5.91 Å². The Labute approximate surface area is 157 Å². The maximum Gasteiger partial charge on any atom is 0.251 e. The van der Waals surface area contributed by atoms with Crippen molar-refractivity contribution in [1.82, 2.24) is 25.4 Å². The Kier molecular flexibility index (Phi) is 4.56. The molecule has 0 aliphatic rings. The van der Waals surface area contributed by atoms with Crippen LogP contribution in [0.2, 0.25) is 0 Å². The second kappa shape index (κ2) is 7.17. The fraction of sp³-hybridized carbons (Fsp3) is 0.190. The number of aromatic amines is 1. The highest BCUT2D eigenvalue weighted by molar-refractivity contribution is 6.05. The molecular formula is C21H21N5O. The largest absolute Gasteiger partial charge is 0.351 e. The van der Waals surface area contributed by atoms with Gasteiger partial charge in [-0.1, -0.05) is 12.1 Å². The molecule has 0 aliphatic carbocycles. The molecule has 4 aromatic rings. The van der Waals surface area contributed by atoms with Crippen LogP contribution in [0.1, 0.15) is 10.4 Å². The molecule has 2 aromatic carbocycles. The zero-order valence-corrected chi connectivity index (χ0v) is 15.4. The predicted molar refractivity (Wildman–Crippen MR) is 108 cm³/mol. The van der Waals surface area contributed by atoms with E-state index in [1.54, 1.807) is 0 Å². The Hall–Kier alpha value is -3.25. The van der Waals surface area contributed by atoms with Gasteiger partial charge in [-0.25, -0.2) is 4.98 Å². The summed E-state index contributed by atoms with van der Waals surface area (Å²) in [7, 11) is 3.96. The first kappa shape index (κ1) is 17.2. The maximum atomic E-state index is 12.2. The number of hydrogen-bond donors (Lipinski definition) is 2. The molecule has 0 atom stereocenters. The number of carbonyl (C=O) groups excluding carboxylic acids is 1. The van der Waals surface area contributed by atoms with Gasteiger partial charge in [0.1, 0.15) is 0 Å². The van der Waals surface area contributed by atoms with Gasteiger partial charge in [0, 0.05) is 35.0 Å². The number of aromatic nitrogens is 3. The van der Waals surface area contributed by atoms with Gasteiger partial charge >= 0.3 is 0 Å². The Morgan fingerprint density at radius 1 is 1.04 bits per heavy atom. The highest BCUT2D eigenvalue weighted by Gasteiger charge is 2.08. The lowest BCUT2D eigenvalue weighted by Gasteiger charge is -2.10. The lowest BCUT2D eigenvalue weighted by Crippen LogP contribution is -2.31. The van der Waals surface area contributed by atoms with Crippen LogP contribution in [0.15, 0.2) is 54.7 Å². The topological polar surface area (TPSA) is 73.9 Å². The van der Waals surface area contributed by atoms with E-state index < -0.39 is 0 Å². The third-order valence-electron chi connectivity index (χ3n) is 4.58. The van der Waals surface area contributed by atoms with Crippen LogP contribution in [0, 0.1) is 0 Å². The zero-order chi connectivity index (χ0) is 18.8. The van der Waals surface area contributed by atoms with Crippen LogP contribution in [0.5, 0.6) is 0 Å². The molecule has 4 rings (SSSR count). The van der Waals surface area contributed by atoms with Crippen molar-refractivity contribution >= 4 is 27.7 Å². The number of benzene rings is 2. The zero-order valence-electron chi connectivity index (χ0n) is 15.4. The van der Waals surface area contributed by atoms with Crippen LogP contribution >= 0.6 is 0 Å². The molecule has 0 saturated heterocycles. The summed E-state index contributed by atoms with van der Waals surface area (Å²) < 4.78 is 0. The summed E-state index contributed by atoms with van der Waals surface area (Å²) >= 11 is 0. The van der Waals surface area contributed by atoms with Crippen LogP contribution in [0.3, 0.4) is 0 Å². The number of pyridine rings is 1. The SMILES string of the molecule is CN(C)CCNC(=O)c1ccc(-c2ccc3c(ccc4[nH]ncc43)n2)cc1. The van der Waals surface area contributed by atoms with E-state index in [2.05, 4.69) is 21.6 Å². The molecule has 0 radical (unpaired) electrons. The van der Waals surface area contributed by atoms with Gasteiger partial charge in [-0.2, -0.15) is 5.10 Å². The number of nitrogens with one attached hydrogen (secondary N) is 2. The summed E-state index contributed by atoms with van der Waals surface area (Å²) in [4.78, 5) is 19.0. The second-order valence-corrected chi connectivity index (χ2v) is 6.80. The van der Waals surface area contributed by atoms with Gasteiger partial charge in [0.25, 0.3) is 5.91 Å². The summed E-state index contributed by atoms with van der Waals surface area (Å²) in [6, 6.07) is 15.6. The van der Waals surface area contributed by atoms with E-state index in [9.17, 15) is 4.79 Å². The van der Waals surface area contributed by atoms with Crippen molar-refractivity contribution in [2.75, 3.05) is 27.2 Å². The van der Waals surface area contributed by atoms with Crippen LogP contribution < -0.4 is 5.32 Å². The fourth-order valence-electron chi connectivity index (χ4n) is 3.08. The van der Waals surface area contributed by atoms with Crippen molar-refractivity contribution in [3.05, 3.63) is 60.3 Å². The van der Waals surface area contributed by atoms with Gasteiger partial charge in [0.15, 0.2) is 0 Å². The molecule has 27 heavy (non-hydrogen) atoms. The molecule has 1 amide bonds. The molecule has 0 spiro atoms. The highest BCUT2D eigenvalue weighted by atomic mass is 16.1. The van der Waals surface area contributed by atoms with E-state index in [0.29, 0.717) is 12.1 Å². The number of H-pyrrole nitrogens is 1. The van der Waals surface area contributed by atoms with E-state index in [1.807, 2.05) is 67.7 Å². The van der Waals surface area contributed by atoms with Gasteiger partial charge < -0.3 is 10.2 Å². The minimum atomic E-state index is -0.0581. The summed E-state index contributed by atoms with van der Waals surface area (Å²) in [5.74, 6) is -0.0581. The average Bonchev–Trinajstić information content (AvgIpc) is 3.16. The van der Waals surface area contributed by atoms with E-state index in [0.717, 1.165) is 39.6 Å². The van der Waals surface area contributed by atoms with Crippen molar-refractivity contribution < 1.29 is 4.79 Å². The third-order valence-corrected chi connectivity index (χ3v) is 4.58. The summed E-state index contributed by atoms with van der Waals surface area (Å²) in [5.41, 5.74) is 4.44. The molecule has 0 bridgehead atoms. The molecule has 0 saturated carbocycles. The molecule has 6 heteroatoms. The predicted octanol–water partition coefficient (Wildman–Crippen LogP) is 3.07. The monoisotopic (exact) mass is 359 g/mol. The maximum absolute atomic E-state index is 12.2. The summed E-state index contributed by atoms with van der Waals surface area (Å²) in [5, 5.41) is 12.1. The first-order chi connectivity index (χ1) is 13.1. The number of rotatable bonds is 5. The molecule has 0 fully saturated rings. The van der Waals surface area contributed by atoms with Gasteiger partial charge in [-0.3, -0.25) is 9.89 Å². The molecular weight excluding hydrogens is 338 g/mol. The van der Waals surface area contributed by atoms with Crippen molar-refractivity contribution in [2.24, 2.45) is 0 Å². The van der Waals surface area contributed by atoms with E-state index in [4.69, 9.17) is 4.98 Å².